The SMILES string of the molecule is CC(C)(O)C(=O)N1CCN(C2CCC(C(F)(F)F)C(C3=C(C4CNC5CCCCC54)C(=O)NC3=O)C2)CC1. The summed E-state index contributed by atoms with van der Waals surface area (Å²) in [5.41, 5.74) is -1.12. The number of rotatable bonds is 4. The molecule has 0 aromatic carbocycles. The number of hydrogen-bond acceptors (Lipinski definition) is 6. The molecule has 3 heterocycles. The van der Waals surface area contributed by atoms with Crippen LogP contribution in [0, 0.1) is 23.7 Å². The van der Waals surface area contributed by atoms with E-state index in [0.717, 1.165) is 25.7 Å². The fraction of sp³-hybridized carbons (Fsp3) is 0.815. The lowest BCUT2D eigenvalue weighted by molar-refractivity contribution is -0.196. The van der Waals surface area contributed by atoms with Gasteiger partial charge in [0.15, 0.2) is 0 Å². The van der Waals surface area contributed by atoms with Crippen molar-refractivity contribution in [1.29, 1.82) is 0 Å². The maximum atomic E-state index is 14.3. The van der Waals surface area contributed by atoms with Gasteiger partial charge in [-0.2, -0.15) is 13.2 Å². The number of alkyl halides is 3. The summed E-state index contributed by atoms with van der Waals surface area (Å²) < 4.78 is 43.0. The minimum atomic E-state index is -4.47. The van der Waals surface area contributed by atoms with E-state index < -0.39 is 35.4 Å². The molecule has 0 radical (unpaired) electrons. The molecule has 2 aliphatic carbocycles. The van der Waals surface area contributed by atoms with Gasteiger partial charge in [-0.15, -0.1) is 0 Å². The molecule has 6 atom stereocenters. The summed E-state index contributed by atoms with van der Waals surface area (Å²) in [5.74, 6) is -4.38. The number of halogens is 3. The van der Waals surface area contributed by atoms with E-state index in [-0.39, 0.29) is 53.8 Å². The smallest absolute Gasteiger partial charge is 0.381 e. The molecule has 0 bridgehead atoms. The maximum Gasteiger partial charge on any atom is 0.392 e. The highest BCUT2D eigenvalue weighted by Crippen LogP contribution is 2.49. The van der Waals surface area contributed by atoms with Gasteiger partial charge in [0.2, 0.25) is 0 Å². The molecular weight excluding hydrogens is 501 g/mol. The number of nitrogens with zero attached hydrogens (tertiary/aromatic N) is 2. The third-order valence-electron chi connectivity index (χ3n) is 9.57. The van der Waals surface area contributed by atoms with E-state index in [4.69, 9.17) is 0 Å². The van der Waals surface area contributed by atoms with Gasteiger partial charge in [0.1, 0.15) is 5.60 Å². The highest BCUT2D eigenvalue weighted by molar-refractivity contribution is 6.20. The molecule has 6 unspecified atom stereocenters. The number of carbonyl (C=O) groups excluding carboxylic acids is 3. The molecule has 4 fully saturated rings. The Morgan fingerprint density at radius 3 is 2.18 bits per heavy atom. The summed E-state index contributed by atoms with van der Waals surface area (Å²) in [7, 11) is 0. The summed E-state index contributed by atoms with van der Waals surface area (Å²) in [5, 5.41) is 15.9. The molecule has 5 aliphatic rings. The first-order valence-electron chi connectivity index (χ1n) is 14.0. The van der Waals surface area contributed by atoms with Gasteiger partial charge < -0.3 is 15.3 Å². The van der Waals surface area contributed by atoms with Crippen molar-refractivity contribution in [3.8, 4) is 0 Å². The van der Waals surface area contributed by atoms with Crippen molar-refractivity contribution in [2.24, 2.45) is 23.7 Å². The normalized spacial score (nSPS) is 35.5. The van der Waals surface area contributed by atoms with E-state index in [1.54, 1.807) is 4.90 Å². The van der Waals surface area contributed by atoms with Gasteiger partial charge >= 0.3 is 6.18 Å². The fourth-order valence-corrected chi connectivity index (χ4v) is 7.73. The first kappa shape index (κ1) is 27.6. The summed E-state index contributed by atoms with van der Waals surface area (Å²) >= 11 is 0. The van der Waals surface area contributed by atoms with Crippen LogP contribution in [0.15, 0.2) is 11.1 Å². The van der Waals surface area contributed by atoms with Gasteiger partial charge in [-0.3, -0.25) is 24.6 Å². The van der Waals surface area contributed by atoms with Crippen molar-refractivity contribution in [2.75, 3.05) is 32.7 Å². The Balaban J connectivity index is 1.40. The van der Waals surface area contributed by atoms with E-state index in [0.29, 0.717) is 39.1 Å². The standard InChI is InChI=1S/C27H39F3N4O4/c1-26(2,38)25(37)34-11-9-33(10-12-34)15-7-8-19(27(28,29)30)17(13-15)21-22(24(36)32-23(21)35)18-14-31-20-6-4-3-5-16(18)20/h15-20,31,38H,3-14H2,1-2H3,(H,32,35,36). The van der Waals surface area contributed by atoms with Crippen molar-refractivity contribution >= 4 is 17.7 Å². The number of aliphatic hydroxyl groups is 1. The summed E-state index contributed by atoms with van der Waals surface area (Å²) in [6, 6.07) is 0.0609. The Labute approximate surface area is 221 Å². The Kier molecular flexibility index (Phi) is 7.41. The molecule has 2 saturated carbocycles. The van der Waals surface area contributed by atoms with Crippen molar-refractivity contribution in [2.45, 2.75) is 82.7 Å². The molecule has 3 amide bonds. The van der Waals surface area contributed by atoms with Crippen LogP contribution in [0.4, 0.5) is 13.2 Å². The number of fused-ring (bicyclic) bond motifs is 1. The van der Waals surface area contributed by atoms with Crippen LogP contribution in [0.5, 0.6) is 0 Å². The van der Waals surface area contributed by atoms with Crippen LogP contribution in [0.2, 0.25) is 0 Å². The molecule has 5 rings (SSSR count). The molecule has 38 heavy (non-hydrogen) atoms. The van der Waals surface area contributed by atoms with Gasteiger partial charge in [0, 0.05) is 67.8 Å². The summed E-state index contributed by atoms with van der Waals surface area (Å²) in [6.07, 6.45) is -0.0790. The molecule has 212 valence electrons. The number of nitrogens with one attached hydrogen (secondary N) is 2. The number of piperazine rings is 1. The zero-order valence-corrected chi connectivity index (χ0v) is 22.1. The zero-order valence-electron chi connectivity index (χ0n) is 22.1. The minimum absolute atomic E-state index is 0.0656. The maximum absolute atomic E-state index is 14.3. The van der Waals surface area contributed by atoms with Gasteiger partial charge in [0.05, 0.1) is 5.92 Å². The molecule has 0 spiro atoms. The lowest BCUT2D eigenvalue weighted by Crippen LogP contribution is -2.57. The highest BCUT2D eigenvalue weighted by Gasteiger charge is 2.54. The van der Waals surface area contributed by atoms with E-state index in [9.17, 15) is 32.7 Å². The molecular formula is C27H39F3N4O4. The number of carbonyl (C=O) groups is 3. The van der Waals surface area contributed by atoms with Crippen LogP contribution in [0.3, 0.4) is 0 Å². The largest absolute Gasteiger partial charge is 0.392 e. The average molecular weight is 541 g/mol. The van der Waals surface area contributed by atoms with Gasteiger partial charge in [-0.1, -0.05) is 12.8 Å². The Morgan fingerprint density at radius 2 is 1.55 bits per heavy atom. The molecule has 0 aromatic heterocycles. The predicted octanol–water partition coefficient (Wildman–Crippen LogP) is 1.98. The fourth-order valence-electron chi connectivity index (χ4n) is 7.73. The van der Waals surface area contributed by atoms with E-state index in [1.165, 1.54) is 13.8 Å². The van der Waals surface area contributed by atoms with Crippen molar-refractivity contribution in [3.63, 3.8) is 0 Å². The highest BCUT2D eigenvalue weighted by atomic mass is 19.4. The Hall–Kier alpha value is -1.98. The molecule has 8 nitrogen and oxygen atoms in total. The van der Waals surface area contributed by atoms with Crippen molar-refractivity contribution < 1.29 is 32.7 Å². The van der Waals surface area contributed by atoms with Gasteiger partial charge in [-0.25, -0.2) is 0 Å². The molecule has 11 heteroatoms. The first-order valence-corrected chi connectivity index (χ1v) is 14.0. The van der Waals surface area contributed by atoms with Crippen LogP contribution in [-0.4, -0.2) is 89.2 Å². The molecule has 3 N–H and O–H groups in total. The quantitative estimate of drug-likeness (QED) is 0.472. The number of imide groups is 1. The topological polar surface area (TPSA) is 102 Å². The van der Waals surface area contributed by atoms with Crippen molar-refractivity contribution in [3.05, 3.63) is 11.1 Å². The predicted molar refractivity (Wildman–Crippen MR) is 133 cm³/mol. The minimum Gasteiger partial charge on any atom is -0.381 e. The molecule has 3 aliphatic heterocycles. The van der Waals surface area contributed by atoms with Crippen LogP contribution in [0.1, 0.15) is 58.8 Å². The van der Waals surface area contributed by atoms with Gasteiger partial charge in [0.25, 0.3) is 17.7 Å². The Morgan fingerprint density at radius 1 is 0.921 bits per heavy atom. The van der Waals surface area contributed by atoms with E-state index in [2.05, 4.69) is 15.5 Å². The zero-order chi connectivity index (χ0) is 27.4. The van der Waals surface area contributed by atoms with Gasteiger partial charge in [-0.05, 0) is 51.9 Å². The number of hydrogen-bond donors (Lipinski definition) is 3. The van der Waals surface area contributed by atoms with Crippen LogP contribution in [-0.2, 0) is 14.4 Å². The van der Waals surface area contributed by atoms with E-state index >= 15 is 0 Å². The lowest BCUT2D eigenvalue weighted by Gasteiger charge is -2.45. The molecule has 2 saturated heterocycles. The van der Waals surface area contributed by atoms with E-state index in [1.807, 2.05) is 0 Å². The molecule has 0 aromatic rings. The van der Waals surface area contributed by atoms with Crippen LogP contribution in [0.25, 0.3) is 0 Å². The van der Waals surface area contributed by atoms with Crippen LogP contribution >= 0.6 is 0 Å². The lowest BCUT2D eigenvalue weighted by atomic mass is 9.69. The third kappa shape index (κ3) is 5.13. The number of amides is 3. The van der Waals surface area contributed by atoms with Crippen molar-refractivity contribution in [1.82, 2.24) is 20.4 Å². The second-order valence-corrected chi connectivity index (χ2v) is 12.3. The average Bonchev–Trinajstić information content (AvgIpc) is 3.41. The monoisotopic (exact) mass is 540 g/mol. The van der Waals surface area contributed by atoms with Crippen LogP contribution < -0.4 is 10.6 Å². The third-order valence-corrected chi connectivity index (χ3v) is 9.57. The summed E-state index contributed by atoms with van der Waals surface area (Å²) in [4.78, 5) is 42.3. The second kappa shape index (κ2) is 10.2. The first-order chi connectivity index (χ1) is 17.9. The Bertz CT molecular complexity index is 999. The summed E-state index contributed by atoms with van der Waals surface area (Å²) in [6.45, 7) is 5.15. The second-order valence-electron chi connectivity index (χ2n) is 12.3.